The number of primary amides is 1. The number of fused-ring (bicyclic) bond motifs is 1. The summed E-state index contributed by atoms with van der Waals surface area (Å²) in [6, 6.07) is 3.62. The van der Waals surface area contributed by atoms with Gasteiger partial charge in [0.15, 0.2) is 0 Å². The van der Waals surface area contributed by atoms with Crippen LogP contribution in [0.4, 0.5) is 14.5 Å². The molecule has 32 heavy (non-hydrogen) atoms. The highest BCUT2D eigenvalue weighted by atomic mass is 79.9. The molecule has 4 aromatic heterocycles. The van der Waals surface area contributed by atoms with Crippen molar-refractivity contribution in [3.8, 4) is 11.3 Å². The lowest BCUT2D eigenvalue weighted by Crippen LogP contribution is -2.25. The quantitative estimate of drug-likeness (QED) is 0.366. The summed E-state index contributed by atoms with van der Waals surface area (Å²) < 4.78 is 34.5. The van der Waals surface area contributed by atoms with E-state index >= 15 is 0 Å². The first-order valence-corrected chi connectivity index (χ1v) is 10.9. The van der Waals surface area contributed by atoms with Crippen LogP contribution in [-0.2, 0) is 4.79 Å². The molecule has 2 amide bonds. The van der Waals surface area contributed by atoms with Crippen molar-refractivity contribution in [3.63, 3.8) is 0 Å². The third-order valence-corrected chi connectivity index (χ3v) is 6.67. The average Bonchev–Trinajstić information content (AvgIpc) is 3.47. The van der Waals surface area contributed by atoms with Crippen molar-refractivity contribution in [1.29, 1.82) is 0 Å². The van der Waals surface area contributed by atoms with Gasteiger partial charge in [0.25, 0.3) is 12.3 Å². The molecule has 4 heterocycles. The summed E-state index contributed by atoms with van der Waals surface area (Å²) in [7, 11) is 0. The van der Waals surface area contributed by atoms with Crippen molar-refractivity contribution < 1.29 is 22.8 Å². The summed E-state index contributed by atoms with van der Waals surface area (Å²) in [5, 5.41) is 7.29. The van der Waals surface area contributed by atoms with Crippen LogP contribution in [0.5, 0.6) is 0 Å². The number of carbonyl (C=O) groups is 2. The van der Waals surface area contributed by atoms with Gasteiger partial charge in [-0.2, -0.15) is 5.10 Å². The molecule has 0 saturated heterocycles. The number of anilines is 1. The number of aryl methyl sites for hydroxylation is 1. The number of aromatic nitrogens is 3. The SMILES string of the molecule is Cc1nn(C(C)C(=O)Nc2c(C(N)=O)sc3nc(C(F)F)cc(-c4ccco4)c23)cc1Br. The van der Waals surface area contributed by atoms with Gasteiger partial charge in [-0.1, -0.05) is 0 Å². The number of rotatable bonds is 6. The molecular formula is C20H16BrF2N5O3S. The maximum absolute atomic E-state index is 13.5. The Balaban J connectivity index is 1.86. The Morgan fingerprint density at radius 2 is 2.12 bits per heavy atom. The standard InChI is InChI=1S/C20H16BrF2N5O3S/c1-8-11(21)7-28(27-8)9(2)19(30)26-15-14-10(13-4-3-5-31-13)6-12(17(22)23)25-20(14)32-16(15)18(24)29/h3-7,9,17H,1-2H3,(H2,24,29)(H,26,30). The fourth-order valence-electron chi connectivity index (χ4n) is 3.15. The fraction of sp³-hybridized carbons (Fsp3) is 0.200. The summed E-state index contributed by atoms with van der Waals surface area (Å²) in [5.74, 6) is -1.02. The van der Waals surface area contributed by atoms with Gasteiger partial charge in [-0.05, 0) is 48.0 Å². The minimum atomic E-state index is -2.84. The van der Waals surface area contributed by atoms with Gasteiger partial charge >= 0.3 is 0 Å². The van der Waals surface area contributed by atoms with E-state index in [4.69, 9.17) is 10.2 Å². The average molecular weight is 524 g/mol. The van der Waals surface area contributed by atoms with Crippen molar-refractivity contribution in [3.05, 3.63) is 51.4 Å². The van der Waals surface area contributed by atoms with E-state index in [0.29, 0.717) is 11.1 Å². The number of carbonyl (C=O) groups excluding carboxylic acids is 2. The molecule has 0 aliphatic heterocycles. The normalized spacial score (nSPS) is 12.4. The monoisotopic (exact) mass is 523 g/mol. The minimum absolute atomic E-state index is 0.00917. The maximum Gasteiger partial charge on any atom is 0.280 e. The third-order valence-electron chi connectivity index (χ3n) is 4.80. The van der Waals surface area contributed by atoms with Crippen LogP contribution >= 0.6 is 27.3 Å². The first-order chi connectivity index (χ1) is 15.2. The molecule has 0 aromatic carbocycles. The first kappa shape index (κ1) is 22.1. The zero-order chi connectivity index (χ0) is 23.2. The van der Waals surface area contributed by atoms with E-state index in [0.717, 1.165) is 15.8 Å². The van der Waals surface area contributed by atoms with Crippen LogP contribution in [0.25, 0.3) is 21.5 Å². The van der Waals surface area contributed by atoms with Crippen molar-refractivity contribution in [2.24, 2.45) is 5.73 Å². The fourth-order valence-corrected chi connectivity index (χ4v) is 4.46. The zero-order valence-electron chi connectivity index (χ0n) is 16.7. The van der Waals surface area contributed by atoms with Gasteiger partial charge in [0.2, 0.25) is 5.91 Å². The largest absolute Gasteiger partial charge is 0.464 e. The summed E-state index contributed by atoms with van der Waals surface area (Å²) >= 11 is 4.18. The second-order valence-corrected chi connectivity index (χ2v) is 8.78. The van der Waals surface area contributed by atoms with E-state index in [9.17, 15) is 18.4 Å². The van der Waals surface area contributed by atoms with Crippen molar-refractivity contribution >= 4 is 55.0 Å². The Morgan fingerprint density at radius 1 is 1.38 bits per heavy atom. The van der Waals surface area contributed by atoms with Gasteiger partial charge in [-0.25, -0.2) is 13.8 Å². The van der Waals surface area contributed by atoms with Crippen molar-refractivity contribution in [2.45, 2.75) is 26.3 Å². The molecule has 0 aliphatic rings. The van der Waals surface area contributed by atoms with E-state index in [1.165, 1.54) is 17.0 Å². The molecule has 0 spiro atoms. The van der Waals surface area contributed by atoms with E-state index in [2.05, 4.69) is 31.3 Å². The molecule has 0 radical (unpaired) electrons. The number of hydrogen-bond acceptors (Lipinski definition) is 6. The molecule has 0 aliphatic carbocycles. The Labute approximate surface area is 192 Å². The van der Waals surface area contributed by atoms with Gasteiger partial charge in [0.1, 0.15) is 27.2 Å². The number of nitrogens with zero attached hydrogens (tertiary/aromatic N) is 3. The number of nitrogens with two attached hydrogens (primary N) is 1. The molecule has 4 aromatic rings. The number of pyridine rings is 1. The number of amides is 2. The second kappa shape index (κ2) is 8.43. The van der Waals surface area contributed by atoms with Gasteiger partial charge in [0, 0.05) is 17.1 Å². The second-order valence-electron chi connectivity index (χ2n) is 6.93. The van der Waals surface area contributed by atoms with Gasteiger partial charge in [0.05, 0.1) is 22.1 Å². The van der Waals surface area contributed by atoms with Crippen LogP contribution < -0.4 is 11.1 Å². The van der Waals surface area contributed by atoms with Gasteiger partial charge < -0.3 is 15.5 Å². The van der Waals surface area contributed by atoms with Crippen molar-refractivity contribution in [1.82, 2.24) is 14.8 Å². The number of alkyl halides is 2. The number of furan rings is 1. The van der Waals surface area contributed by atoms with Crippen LogP contribution in [0, 0.1) is 6.92 Å². The Hall–Kier alpha value is -3.12. The van der Waals surface area contributed by atoms with Gasteiger partial charge in [-0.15, -0.1) is 11.3 Å². The highest BCUT2D eigenvalue weighted by molar-refractivity contribution is 9.10. The third kappa shape index (κ3) is 3.91. The number of halogens is 3. The lowest BCUT2D eigenvalue weighted by atomic mass is 10.1. The first-order valence-electron chi connectivity index (χ1n) is 9.28. The molecule has 8 nitrogen and oxygen atoms in total. The zero-order valence-corrected chi connectivity index (χ0v) is 19.1. The highest BCUT2D eigenvalue weighted by Crippen LogP contribution is 2.42. The predicted octanol–water partition coefficient (Wildman–Crippen LogP) is 5.06. The van der Waals surface area contributed by atoms with Crippen LogP contribution in [0.2, 0.25) is 0 Å². The number of nitrogens with one attached hydrogen (secondary N) is 1. The summed E-state index contributed by atoms with van der Waals surface area (Å²) in [4.78, 5) is 29.3. The van der Waals surface area contributed by atoms with Crippen LogP contribution in [0.1, 0.15) is 40.5 Å². The van der Waals surface area contributed by atoms with Crippen LogP contribution in [-0.4, -0.2) is 26.6 Å². The van der Waals surface area contributed by atoms with E-state index < -0.39 is 30.0 Å². The lowest BCUT2D eigenvalue weighted by Gasteiger charge is -2.14. The molecule has 3 N–H and O–H groups in total. The Kier molecular flexibility index (Phi) is 5.82. The molecule has 4 rings (SSSR count). The lowest BCUT2D eigenvalue weighted by molar-refractivity contribution is -0.119. The van der Waals surface area contributed by atoms with Gasteiger partial charge in [-0.3, -0.25) is 14.3 Å². The highest BCUT2D eigenvalue weighted by Gasteiger charge is 2.27. The van der Waals surface area contributed by atoms with E-state index in [1.807, 2.05) is 0 Å². The summed E-state index contributed by atoms with van der Waals surface area (Å²) in [6.07, 6.45) is 0.209. The van der Waals surface area contributed by atoms with Crippen LogP contribution in [0.15, 0.2) is 39.5 Å². The number of thiophene rings is 1. The molecule has 1 unspecified atom stereocenters. The van der Waals surface area contributed by atoms with E-state index in [-0.39, 0.29) is 26.7 Å². The number of hydrogen-bond donors (Lipinski definition) is 2. The minimum Gasteiger partial charge on any atom is -0.464 e. The molecule has 1 atom stereocenters. The molecule has 0 saturated carbocycles. The van der Waals surface area contributed by atoms with Crippen LogP contribution in [0.3, 0.4) is 0 Å². The molecule has 166 valence electrons. The molecule has 0 fully saturated rings. The Morgan fingerprint density at radius 3 is 2.69 bits per heavy atom. The molecule has 0 bridgehead atoms. The molecular weight excluding hydrogens is 508 g/mol. The summed E-state index contributed by atoms with van der Waals surface area (Å²) in [6.45, 7) is 3.41. The predicted molar refractivity (Wildman–Crippen MR) is 119 cm³/mol. The maximum atomic E-state index is 13.5. The van der Waals surface area contributed by atoms with Crippen molar-refractivity contribution in [2.75, 3.05) is 5.32 Å². The Bertz CT molecular complexity index is 1310. The topological polar surface area (TPSA) is 116 Å². The van der Waals surface area contributed by atoms with E-state index in [1.54, 1.807) is 32.2 Å². The summed E-state index contributed by atoms with van der Waals surface area (Å²) in [5.41, 5.74) is 6.11. The molecule has 12 heteroatoms. The smallest absolute Gasteiger partial charge is 0.280 e.